The first-order valence-corrected chi connectivity index (χ1v) is 4.52. The summed E-state index contributed by atoms with van der Waals surface area (Å²) in [5, 5.41) is 3.13. The van der Waals surface area contributed by atoms with Gasteiger partial charge in [0.2, 0.25) is 5.91 Å². The standard InChI is InChI=1S/C9H7F3N4O2/c10-9(11,12)4-18-7-2-1-5(8(13)17)3-6(7)15-16-14/h1-3H,4H2,(H2,13,17). The highest BCUT2D eigenvalue weighted by molar-refractivity contribution is 5.94. The number of nitrogens with two attached hydrogens (primary N) is 1. The quantitative estimate of drug-likeness (QED) is 0.511. The Morgan fingerprint density at radius 3 is 2.67 bits per heavy atom. The molecule has 2 N–H and O–H groups in total. The molecule has 0 aliphatic rings. The molecule has 0 spiro atoms. The van der Waals surface area contributed by atoms with Crippen LogP contribution < -0.4 is 10.5 Å². The minimum Gasteiger partial charge on any atom is -0.484 e. The third-order valence-corrected chi connectivity index (χ3v) is 1.79. The summed E-state index contributed by atoms with van der Waals surface area (Å²) in [7, 11) is 0. The van der Waals surface area contributed by atoms with Crippen molar-refractivity contribution in [3.8, 4) is 5.75 Å². The van der Waals surface area contributed by atoms with Crippen molar-refractivity contribution in [1.82, 2.24) is 0 Å². The molecule has 96 valence electrons. The van der Waals surface area contributed by atoms with Crippen LogP contribution in [0.15, 0.2) is 23.3 Å². The van der Waals surface area contributed by atoms with E-state index in [1.807, 2.05) is 0 Å². The van der Waals surface area contributed by atoms with Gasteiger partial charge in [-0.2, -0.15) is 13.2 Å². The van der Waals surface area contributed by atoms with E-state index < -0.39 is 18.7 Å². The molecule has 0 atom stereocenters. The molecule has 0 aliphatic carbocycles. The molecular formula is C9H7F3N4O2. The Bertz CT molecular complexity index is 509. The minimum absolute atomic E-state index is 0.00300. The molecule has 0 aliphatic heterocycles. The molecule has 18 heavy (non-hydrogen) atoms. The van der Waals surface area contributed by atoms with E-state index in [0.717, 1.165) is 12.1 Å². The zero-order chi connectivity index (χ0) is 13.8. The van der Waals surface area contributed by atoms with Crippen LogP contribution in [-0.2, 0) is 0 Å². The number of hydrogen-bond acceptors (Lipinski definition) is 3. The molecule has 0 fully saturated rings. The summed E-state index contributed by atoms with van der Waals surface area (Å²) in [6, 6.07) is 3.30. The predicted octanol–water partition coefficient (Wildman–Crippen LogP) is 2.67. The van der Waals surface area contributed by atoms with E-state index in [1.165, 1.54) is 6.07 Å². The molecule has 0 bridgehead atoms. The van der Waals surface area contributed by atoms with E-state index in [9.17, 15) is 18.0 Å². The first-order valence-electron chi connectivity index (χ1n) is 4.52. The van der Waals surface area contributed by atoms with Crippen molar-refractivity contribution >= 4 is 11.6 Å². The van der Waals surface area contributed by atoms with Crippen LogP contribution in [0.5, 0.6) is 5.75 Å². The average molecular weight is 260 g/mol. The second kappa shape index (κ2) is 5.28. The Kier molecular flexibility index (Phi) is 4.01. The van der Waals surface area contributed by atoms with Crippen LogP contribution in [0.2, 0.25) is 0 Å². The van der Waals surface area contributed by atoms with Crippen LogP contribution in [0.4, 0.5) is 18.9 Å². The second-order valence-electron chi connectivity index (χ2n) is 3.14. The smallest absolute Gasteiger partial charge is 0.422 e. The number of primary amides is 1. The third kappa shape index (κ3) is 3.87. The number of benzene rings is 1. The zero-order valence-electron chi connectivity index (χ0n) is 8.81. The van der Waals surface area contributed by atoms with Gasteiger partial charge in [0.15, 0.2) is 6.61 Å². The highest BCUT2D eigenvalue weighted by Crippen LogP contribution is 2.30. The van der Waals surface area contributed by atoms with Crippen molar-refractivity contribution in [1.29, 1.82) is 0 Å². The number of rotatable bonds is 4. The van der Waals surface area contributed by atoms with Crippen molar-refractivity contribution in [2.75, 3.05) is 6.61 Å². The highest BCUT2D eigenvalue weighted by Gasteiger charge is 2.28. The summed E-state index contributed by atoms with van der Waals surface area (Å²) < 4.78 is 40.3. The lowest BCUT2D eigenvalue weighted by Crippen LogP contribution is -2.19. The van der Waals surface area contributed by atoms with Gasteiger partial charge in [0.25, 0.3) is 0 Å². The second-order valence-corrected chi connectivity index (χ2v) is 3.14. The summed E-state index contributed by atoms with van der Waals surface area (Å²) in [5.41, 5.74) is 13.0. The van der Waals surface area contributed by atoms with E-state index in [4.69, 9.17) is 11.3 Å². The molecule has 0 saturated heterocycles. The molecule has 0 radical (unpaired) electrons. The molecule has 0 aromatic heterocycles. The van der Waals surface area contributed by atoms with Crippen LogP contribution >= 0.6 is 0 Å². The maximum Gasteiger partial charge on any atom is 0.422 e. The summed E-state index contributed by atoms with van der Waals surface area (Å²) in [6.45, 7) is -1.53. The van der Waals surface area contributed by atoms with Gasteiger partial charge < -0.3 is 10.5 Å². The Hall–Kier alpha value is -2.41. The molecule has 1 aromatic carbocycles. The van der Waals surface area contributed by atoms with Crippen LogP contribution in [-0.4, -0.2) is 18.7 Å². The number of nitrogens with zero attached hydrogens (tertiary/aromatic N) is 3. The minimum atomic E-state index is -4.52. The normalized spacial score (nSPS) is 10.6. The van der Waals surface area contributed by atoms with Crippen LogP contribution in [0.25, 0.3) is 10.4 Å². The van der Waals surface area contributed by atoms with Gasteiger partial charge in [0.1, 0.15) is 5.75 Å². The summed E-state index contributed by atoms with van der Waals surface area (Å²) >= 11 is 0. The fraction of sp³-hybridized carbons (Fsp3) is 0.222. The molecular weight excluding hydrogens is 253 g/mol. The first kappa shape index (κ1) is 13.7. The number of carbonyl (C=O) groups excluding carboxylic acids is 1. The molecule has 0 heterocycles. The van der Waals surface area contributed by atoms with Gasteiger partial charge in [-0.1, -0.05) is 5.11 Å². The van der Waals surface area contributed by atoms with Gasteiger partial charge in [-0.25, -0.2) is 0 Å². The van der Waals surface area contributed by atoms with Crippen molar-refractivity contribution in [2.45, 2.75) is 6.18 Å². The van der Waals surface area contributed by atoms with Gasteiger partial charge in [0.05, 0.1) is 5.69 Å². The third-order valence-electron chi connectivity index (χ3n) is 1.79. The number of carbonyl (C=O) groups is 1. The van der Waals surface area contributed by atoms with Gasteiger partial charge in [-0.3, -0.25) is 4.79 Å². The van der Waals surface area contributed by atoms with Gasteiger partial charge >= 0.3 is 6.18 Å². The Morgan fingerprint density at radius 2 is 2.17 bits per heavy atom. The zero-order valence-corrected chi connectivity index (χ0v) is 8.81. The molecule has 0 saturated carbocycles. The predicted molar refractivity (Wildman–Crippen MR) is 55.3 cm³/mol. The van der Waals surface area contributed by atoms with E-state index in [-0.39, 0.29) is 17.0 Å². The molecule has 0 unspecified atom stereocenters. The lowest BCUT2D eigenvalue weighted by molar-refractivity contribution is -0.153. The monoisotopic (exact) mass is 260 g/mol. The number of alkyl halides is 3. The lowest BCUT2D eigenvalue weighted by Gasteiger charge is -2.11. The topological polar surface area (TPSA) is 101 Å². The first-order chi connectivity index (χ1) is 8.33. The maximum absolute atomic E-state index is 12.0. The highest BCUT2D eigenvalue weighted by atomic mass is 19.4. The number of halogens is 3. The number of ether oxygens (including phenoxy) is 1. The van der Waals surface area contributed by atoms with E-state index in [1.54, 1.807) is 0 Å². The number of hydrogen-bond donors (Lipinski definition) is 1. The van der Waals surface area contributed by atoms with Crippen molar-refractivity contribution in [3.05, 3.63) is 34.2 Å². The van der Waals surface area contributed by atoms with E-state index >= 15 is 0 Å². The molecule has 9 heteroatoms. The fourth-order valence-electron chi connectivity index (χ4n) is 1.08. The van der Waals surface area contributed by atoms with Gasteiger partial charge in [-0.05, 0) is 23.7 Å². The summed E-state index contributed by atoms with van der Waals surface area (Å²) in [6.07, 6.45) is -4.52. The molecule has 6 nitrogen and oxygen atoms in total. The van der Waals surface area contributed by atoms with E-state index in [0.29, 0.717) is 0 Å². The van der Waals surface area contributed by atoms with Gasteiger partial charge in [-0.15, -0.1) is 0 Å². The maximum atomic E-state index is 12.0. The Balaban J connectivity index is 3.04. The largest absolute Gasteiger partial charge is 0.484 e. The number of amides is 1. The Labute approximate surface area is 98.8 Å². The SMILES string of the molecule is [N-]=[N+]=Nc1cc(C(N)=O)ccc1OCC(F)(F)F. The van der Waals surface area contributed by atoms with Crippen LogP contribution in [0.3, 0.4) is 0 Å². The summed E-state index contributed by atoms with van der Waals surface area (Å²) in [5.74, 6) is -1.08. The molecule has 1 rings (SSSR count). The van der Waals surface area contributed by atoms with E-state index in [2.05, 4.69) is 14.8 Å². The Morgan fingerprint density at radius 1 is 1.50 bits per heavy atom. The lowest BCUT2D eigenvalue weighted by atomic mass is 10.2. The van der Waals surface area contributed by atoms with Crippen molar-refractivity contribution in [3.63, 3.8) is 0 Å². The molecule has 1 amide bonds. The average Bonchev–Trinajstić information content (AvgIpc) is 2.26. The van der Waals surface area contributed by atoms with Crippen LogP contribution in [0.1, 0.15) is 10.4 Å². The van der Waals surface area contributed by atoms with Crippen molar-refractivity contribution < 1.29 is 22.7 Å². The fourth-order valence-corrected chi connectivity index (χ4v) is 1.08. The van der Waals surface area contributed by atoms with Gasteiger partial charge in [0, 0.05) is 10.5 Å². The number of azide groups is 1. The summed E-state index contributed by atoms with van der Waals surface area (Å²) in [4.78, 5) is 13.3. The molecule has 1 aromatic rings. The van der Waals surface area contributed by atoms with Crippen LogP contribution in [0, 0.1) is 0 Å². The van der Waals surface area contributed by atoms with Crippen molar-refractivity contribution in [2.24, 2.45) is 10.8 Å².